The number of nitrogens with zero attached hydrogens (tertiary/aromatic N) is 3. The second-order valence-electron chi connectivity index (χ2n) is 4.82. The molecule has 0 aliphatic carbocycles. The van der Waals surface area contributed by atoms with Gasteiger partial charge in [0.1, 0.15) is 0 Å². The van der Waals surface area contributed by atoms with E-state index >= 15 is 0 Å². The van der Waals surface area contributed by atoms with E-state index in [1.54, 1.807) is 16.7 Å². The topological polar surface area (TPSA) is 59.3 Å². The first-order valence-corrected chi connectivity index (χ1v) is 7.82. The van der Waals surface area contributed by atoms with Crippen LogP contribution in [0.3, 0.4) is 0 Å². The lowest BCUT2D eigenvalue weighted by molar-refractivity contribution is -0.137. The SMILES string of the molecule is O=C(CSc1nnc2ccccn12)Nc1ccc(C(F)(F)F)cc1. The van der Waals surface area contributed by atoms with Crippen LogP contribution in [0.2, 0.25) is 0 Å². The summed E-state index contributed by atoms with van der Waals surface area (Å²) < 4.78 is 39.2. The van der Waals surface area contributed by atoms with Crippen molar-refractivity contribution in [1.82, 2.24) is 14.6 Å². The molecule has 9 heteroatoms. The second kappa shape index (κ2) is 6.52. The van der Waals surface area contributed by atoms with Crippen LogP contribution in [0.5, 0.6) is 0 Å². The molecule has 0 saturated carbocycles. The minimum Gasteiger partial charge on any atom is -0.325 e. The van der Waals surface area contributed by atoms with Gasteiger partial charge in [-0.05, 0) is 36.4 Å². The van der Waals surface area contributed by atoms with Crippen molar-refractivity contribution in [2.24, 2.45) is 0 Å². The normalized spacial score (nSPS) is 11.6. The Kier molecular flexibility index (Phi) is 4.43. The van der Waals surface area contributed by atoms with Gasteiger partial charge in [-0.1, -0.05) is 17.8 Å². The van der Waals surface area contributed by atoms with Gasteiger partial charge in [0, 0.05) is 11.9 Å². The lowest BCUT2D eigenvalue weighted by Gasteiger charge is -2.08. The van der Waals surface area contributed by atoms with Crippen LogP contribution in [-0.2, 0) is 11.0 Å². The van der Waals surface area contributed by atoms with Crippen LogP contribution in [0.25, 0.3) is 5.65 Å². The third-order valence-corrected chi connectivity index (χ3v) is 4.05. The maximum absolute atomic E-state index is 12.5. The summed E-state index contributed by atoms with van der Waals surface area (Å²) in [6.07, 6.45) is -2.61. The number of carbonyl (C=O) groups excluding carboxylic acids is 1. The van der Waals surface area contributed by atoms with E-state index in [-0.39, 0.29) is 11.7 Å². The fraction of sp³-hybridized carbons (Fsp3) is 0.133. The monoisotopic (exact) mass is 352 g/mol. The van der Waals surface area contributed by atoms with E-state index < -0.39 is 11.7 Å². The fourth-order valence-electron chi connectivity index (χ4n) is 1.99. The Morgan fingerprint density at radius 2 is 1.88 bits per heavy atom. The molecular weight excluding hydrogens is 341 g/mol. The summed E-state index contributed by atoms with van der Waals surface area (Å²) in [6, 6.07) is 9.73. The van der Waals surface area contributed by atoms with Gasteiger partial charge in [0.2, 0.25) is 5.91 Å². The number of carbonyl (C=O) groups is 1. The van der Waals surface area contributed by atoms with Crippen molar-refractivity contribution in [2.75, 3.05) is 11.1 Å². The number of alkyl halides is 3. The molecule has 0 fully saturated rings. The molecule has 1 aromatic carbocycles. The van der Waals surface area contributed by atoms with Gasteiger partial charge in [0.15, 0.2) is 10.8 Å². The summed E-state index contributed by atoms with van der Waals surface area (Å²) in [5, 5.41) is 11.1. The van der Waals surface area contributed by atoms with Crippen molar-refractivity contribution in [3.8, 4) is 0 Å². The first-order chi connectivity index (χ1) is 11.4. The predicted octanol–water partition coefficient (Wildman–Crippen LogP) is 3.48. The van der Waals surface area contributed by atoms with Gasteiger partial charge in [-0.2, -0.15) is 13.2 Å². The van der Waals surface area contributed by atoms with E-state index in [4.69, 9.17) is 0 Å². The summed E-state index contributed by atoms with van der Waals surface area (Å²) in [7, 11) is 0. The van der Waals surface area contributed by atoms with Gasteiger partial charge in [-0.15, -0.1) is 10.2 Å². The third-order valence-electron chi connectivity index (χ3n) is 3.11. The van der Waals surface area contributed by atoms with Gasteiger partial charge in [0.05, 0.1) is 11.3 Å². The number of halogens is 3. The van der Waals surface area contributed by atoms with Crippen molar-refractivity contribution < 1.29 is 18.0 Å². The van der Waals surface area contributed by atoms with E-state index in [2.05, 4.69) is 15.5 Å². The number of aromatic nitrogens is 3. The molecule has 24 heavy (non-hydrogen) atoms. The Bertz CT molecular complexity index is 861. The van der Waals surface area contributed by atoms with Crippen LogP contribution in [0.15, 0.2) is 53.8 Å². The van der Waals surface area contributed by atoms with Crippen LogP contribution < -0.4 is 5.32 Å². The number of pyridine rings is 1. The molecule has 0 unspecified atom stereocenters. The van der Waals surface area contributed by atoms with Gasteiger partial charge < -0.3 is 5.32 Å². The van der Waals surface area contributed by atoms with Crippen LogP contribution in [0, 0.1) is 0 Å². The molecule has 0 spiro atoms. The van der Waals surface area contributed by atoms with E-state index in [0.717, 1.165) is 12.1 Å². The number of hydrogen-bond donors (Lipinski definition) is 1. The van der Waals surface area contributed by atoms with Crippen molar-refractivity contribution >= 4 is 29.0 Å². The second-order valence-corrected chi connectivity index (χ2v) is 5.77. The van der Waals surface area contributed by atoms with Crippen molar-refractivity contribution in [2.45, 2.75) is 11.3 Å². The quantitative estimate of drug-likeness (QED) is 0.731. The van der Waals surface area contributed by atoms with Gasteiger partial charge in [-0.3, -0.25) is 9.20 Å². The highest BCUT2D eigenvalue weighted by atomic mass is 32.2. The minimum absolute atomic E-state index is 0.0662. The Morgan fingerprint density at radius 1 is 1.12 bits per heavy atom. The molecule has 1 amide bonds. The molecule has 0 aliphatic rings. The van der Waals surface area contributed by atoms with E-state index in [1.165, 1.54) is 23.9 Å². The standard InChI is InChI=1S/C15H11F3N4OS/c16-15(17,18)10-4-6-11(7-5-10)19-13(23)9-24-14-21-20-12-3-1-2-8-22(12)14/h1-8H,9H2,(H,19,23). The number of anilines is 1. The average Bonchev–Trinajstić information content (AvgIpc) is 2.96. The van der Waals surface area contributed by atoms with Gasteiger partial charge >= 0.3 is 6.18 Å². The summed E-state index contributed by atoms with van der Waals surface area (Å²) >= 11 is 1.19. The molecule has 1 N–H and O–H groups in total. The molecule has 3 rings (SSSR count). The van der Waals surface area contributed by atoms with Crippen molar-refractivity contribution in [1.29, 1.82) is 0 Å². The first-order valence-electron chi connectivity index (χ1n) is 6.83. The Labute approximate surface area is 138 Å². The molecule has 0 bridgehead atoms. The van der Waals surface area contributed by atoms with Crippen molar-refractivity contribution in [3.05, 3.63) is 54.2 Å². The zero-order chi connectivity index (χ0) is 17.2. The zero-order valence-corrected chi connectivity index (χ0v) is 12.9. The van der Waals surface area contributed by atoms with E-state index in [1.807, 2.05) is 12.1 Å². The molecule has 2 heterocycles. The largest absolute Gasteiger partial charge is 0.416 e. The highest BCUT2D eigenvalue weighted by Gasteiger charge is 2.29. The minimum atomic E-state index is -4.40. The number of benzene rings is 1. The fourth-order valence-corrected chi connectivity index (χ4v) is 2.71. The molecule has 3 aromatic rings. The van der Waals surface area contributed by atoms with Crippen LogP contribution >= 0.6 is 11.8 Å². The highest BCUT2D eigenvalue weighted by molar-refractivity contribution is 7.99. The molecule has 0 aliphatic heterocycles. The number of nitrogens with one attached hydrogen (secondary N) is 1. The maximum atomic E-state index is 12.5. The smallest absolute Gasteiger partial charge is 0.325 e. The van der Waals surface area contributed by atoms with Gasteiger partial charge in [-0.25, -0.2) is 0 Å². The number of thioether (sulfide) groups is 1. The summed E-state index contributed by atoms with van der Waals surface area (Å²) in [5.74, 6) is -0.274. The highest BCUT2D eigenvalue weighted by Crippen LogP contribution is 2.29. The summed E-state index contributed by atoms with van der Waals surface area (Å²) in [4.78, 5) is 11.9. The average molecular weight is 352 g/mol. The van der Waals surface area contributed by atoms with Crippen LogP contribution in [-0.4, -0.2) is 26.3 Å². The van der Waals surface area contributed by atoms with E-state index in [0.29, 0.717) is 16.5 Å². The molecule has 5 nitrogen and oxygen atoms in total. The summed E-state index contributed by atoms with van der Waals surface area (Å²) in [5.41, 5.74) is 0.215. The number of fused-ring (bicyclic) bond motifs is 1. The zero-order valence-electron chi connectivity index (χ0n) is 12.1. The molecule has 0 radical (unpaired) electrons. The molecule has 0 saturated heterocycles. The lowest BCUT2D eigenvalue weighted by Crippen LogP contribution is -2.14. The van der Waals surface area contributed by atoms with Crippen LogP contribution in [0.4, 0.5) is 18.9 Å². The number of amides is 1. The van der Waals surface area contributed by atoms with E-state index in [9.17, 15) is 18.0 Å². The van der Waals surface area contributed by atoms with Crippen molar-refractivity contribution in [3.63, 3.8) is 0 Å². The number of hydrogen-bond acceptors (Lipinski definition) is 4. The molecule has 0 atom stereocenters. The van der Waals surface area contributed by atoms with Crippen LogP contribution in [0.1, 0.15) is 5.56 Å². The lowest BCUT2D eigenvalue weighted by atomic mass is 10.2. The molecular formula is C15H11F3N4OS. The molecule has 2 aromatic heterocycles. The Hall–Kier alpha value is -2.55. The first kappa shape index (κ1) is 16.3. The Balaban J connectivity index is 1.60. The Morgan fingerprint density at radius 3 is 2.58 bits per heavy atom. The molecule has 124 valence electrons. The number of rotatable bonds is 4. The third kappa shape index (κ3) is 3.67. The maximum Gasteiger partial charge on any atom is 0.416 e. The summed E-state index contributed by atoms with van der Waals surface area (Å²) in [6.45, 7) is 0. The predicted molar refractivity (Wildman–Crippen MR) is 83.8 cm³/mol. The van der Waals surface area contributed by atoms with Gasteiger partial charge in [0.25, 0.3) is 0 Å².